The molecule has 0 aliphatic heterocycles. The fourth-order valence-corrected chi connectivity index (χ4v) is 5.59. The Kier molecular flexibility index (Phi) is 6.37. The maximum Gasteiger partial charge on any atom is 0.266 e. The molecule has 6 heteroatoms. The minimum Gasteiger partial charge on any atom is -0.318 e. The van der Waals surface area contributed by atoms with Gasteiger partial charge in [-0.05, 0) is 69.7 Å². The molecule has 0 aliphatic rings. The van der Waals surface area contributed by atoms with Crippen molar-refractivity contribution in [2.24, 2.45) is 0 Å². The number of benzene rings is 3. The van der Waals surface area contributed by atoms with Crippen molar-refractivity contribution < 1.29 is 4.79 Å². The summed E-state index contributed by atoms with van der Waals surface area (Å²) in [5, 5.41) is 1.07. The zero-order chi connectivity index (χ0) is 25.4. The zero-order valence-electron chi connectivity index (χ0n) is 20.8. The molecule has 5 nitrogen and oxygen atoms in total. The molecule has 3 aromatic carbocycles. The van der Waals surface area contributed by atoms with E-state index in [0.717, 1.165) is 33.9 Å². The van der Waals surface area contributed by atoms with Gasteiger partial charge < -0.3 is 4.57 Å². The molecule has 0 fully saturated rings. The van der Waals surface area contributed by atoms with Crippen molar-refractivity contribution in [3.63, 3.8) is 0 Å². The lowest BCUT2D eigenvalue weighted by atomic mass is 10.1. The summed E-state index contributed by atoms with van der Waals surface area (Å²) in [5.74, 6) is 0.180. The fourth-order valence-electron chi connectivity index (χ4n) is 4.71. The maximum atomic E-state index is 13.6. The third-order valence-corrected chi connectivity index (χ3v) is 7.36. The molecule has 0 bridgehead atoms. The predicted octanol–water partition coefficient (Wildman–Crippen LogP) is 6.39. The summed E-state index contributed by atoms with van der Waals surface area (Å²) < 4.78 is 3.74. The molecule has 0 saturated heterocycles. The van der Waals surface area contributed by atoms with Gasteiger partial charge in [-0.15, -0.1) is 0 Å². The van der Waals surface area contributed by atoms with Gasteiger partial charge in [0.25, 0.3) is 5.56 Å². The molecule has 0 aliphatic carbocycles. The van der Waals surface area contributed by atoms with Crippen LogP contribution in [-0.4, -0.2) is 25.7 Å². The number of carbonyl (C=O) groups excluding carboxylic acids is 1. The van der Waals surface area contributed by atoms with Gasteiger partial charge in [0.1, 0.15) is 0 Å². The highest BCUT2D eigenvalue weighted by molar-refractivity contribution is 7.99. The number of Topliss-reactive ketones (excluding diaryl/α,β-unsaturated/α-hetero) is 1. The van der Waals surface area contributed by atoms with Gasteiger partial charge in [-0.3, -0.25) is 14.2 Å². The molecular formula is C30H27N3O2S. The Morgan fingerprint density at radius 2 is 1.58 bits per heavy atom. The average Bonchev–Trinajstić information content (AvgIpc) is 3.17. The molecule has 5 rings (SSSR count). The topological polar surface area (TPSA) is 56.9 Å². The van der Waals surface area contributed by atoms with Gasteiger partial charge >= 0.3 is 0 Å². The lowest BCUT2D eigenvalue weighted by Gasteiger charge is -2.15. The van der Waals surface area contributed by atoms with Crippen molar-refractivity contribution >= 4 is 28.4 Å². The summed E-state index contributed by atoms with van der Waals surface area (Å²) in [6, 6.07) is 25.3. The first kappa shape index (κ1) is 23.8. The fraction of sp³-hybridized carbons (Fsp3) is 0.167. The molecular weight excluding hydrogens is 466 g/mol. The zero-order valence-corrected chi connectivity index (χ0v) is 21.6. The van der Waals surface area contributed by atoms with Gasteiger partial charge in [-0.1, -0.05) is 59.8 Å². The van der Waals surface area contributed by atoms with E-state index in [9.17, 15) is 9.59 Å². The number of ketones is 1. The van der Waals surface area contributed by atoms with Crippen LogP contribution < -0.4 is 5.56 Å². The van der Waals surface area contributed by atoms with E-state index in [1.807, 2.05) is 94.4 Å². The standard InChI is InChI=1S/C30H27N3O2S/c1-19-14-15-27(20(2)16-19)33-29(35)24-12-8-9-13-26(24)31-30(33)36-18-28(34)25-17-21(3)32(22(25)4)23-10-6-5-7-11-23/h5-17H,18H2,1-4H3. The first-order valence-corrected chi connectivity index (χ1v) is 12.8. The van der Waals surface area contributed by atoms with Crippen LogP contribution in [0, 0.1) is 27.7 Å². The lowest BCUT2D eigenvalue weighted by Crippen LogP contribution is -2.23. The van der Waals surface area contributed by atoms with Gasteiger partial charge in [-0.25, -0.2) is 4.98 Å². The number of hydrogen-bond donors (Lipinski definition) is 0. The third-order valence-electron chi connectivity index (χ3n) is 6.42. The Hall–Kier alpha value is -3.90. The SMILES string of the molecule is Cc1ccc(-n2c(SCC(=O)c3cc(C)n(-c4ccccc4)c3C)nc3ccccc3c2=O)c(C)c1. The first-order chi connectivity index (χ1) is 17.3. The second-order valence-corrected chi connectivity index (χ2v) is 9.95. The summed E-state index contributed by atoms with van der Waals surface area (Å²) in [4.78, 5) is 31.8. The van der Waals surface area contributed by atoms with Crippen LogP contribution >= 0.6 is 11.8 Å². The van der Waals surface area contributed by atoms with E-state index in [0.29, 0.717) is 21.6 Å². The molecule has 0 spiro atoms. The number of para-hydroxylation sites is 2. The second kappa shape index (κ2) is 9.63. The molecule has 2 aromatic heterocycles. The summed E-state index contributed by atoms with van der Waals surface area (Å²) >= 11 is 1.30. The molecule has 5 aromatic rings. The molecule has 0 radical (unpaired) electrons. The normalized spacial score (nSPS) is 11.2. The van der Waals surface area contributed by atoms with Crippen molar-refractivity contribution in [2.45, 2.75) is 32.9 Å². The average molecular weight is 494 g/mol. The van der Waals surface area contributed by atoms with Gasteiger partial charge in [0.2, 0.25) is 0 Å². The quantitative estimate of drug-likeness (QED) is 0.156. The van der Waals surface area contributed by atoms with E-state index in [4.69, 9.17) is 4.98 Å². The summed E-state index contributed by atoms with van der Waals surface area (Å²) in [6.45, 7) is 7.99. The molecule has 36 heavy (non-hydrogen) atoms. The van der Waals surface area contributed by atoms with E-state index in [2.05, 4.69) is 10.6 Å². The van der Waals surface area contributed by atoms with E-state index in [-0.39, 0.29) is 17.1 Å². The monoisotopic (exact) mass is 493 g/mol. The van der Waals surface area contributed by atoms with Crippen LogP contribution in [0.15, 0.2) is 88.8 Å². The predicted molar refractivity (Wildman–Crippen MR) is 147 cm³/mol. The number of carbonyl (C=O) groups is 1. The van der Waals surface area contributed by atoms with Crippen LogP contribution in [0.2, 0.25) is 0 Å². The van der Waals surface area contributed by atoms with Gasteiger partial charge in [-0.2, -0.15) is 0 Å². The van der Waals surface area contributed by atoms with Crippen molar-refractivity contribution in [1.82, 2.24) is 14.1 Å². The number of fused-ring (bicyclic) bond motifs is 1. The van der Waals surface area contributed by atoms with Crippen molar-refractivity contribution in [3.8, 4) is 11.4 Å². The van der Waals surface area contributed by atoms with Crippen LogP contribution in [-0.2, 0) is 0 Å². The molecule has 0 N–H and O–H groups in total. The smallest absolute Gasteiger partial charge is 0.266 e. The Morgan fingerprint density at radius 1 is 0.861 bits per heavy atom. The highest BCUT2D eigenvalue weighted by Gasteiger charge is 2.20. The van der Waals surface area contributed by atoms with E-state index in [1.54, 1.807) is 10.6 Å². The second-order valence-electron chi connectivity index (χ2n) is 9.01. The number of aromatic nitrogens is 3. The molecule has 0 unspecified atom stereocenters. The Labute approximate surface area is 214 Å². The van der Waals surface area contributed by atoms with Crippen molar-refractivity contribution in [3.05, 3.63) is 117 Å². The van der Waals surface area contributed by atoms with E-state index in [1.165, 1.54) is 11.8 Å². The van der Waals surface area contributed by atoms with Gasteiger partial charge in [0, 0.05) is 22.6 Å². The summed E-state index contributed by atoms with van der Waals surface area (Å²) in [6.07, 6.45) is 0. The maximum absolute atomic E-state index is 13.6. The molecule has 0 amide bonds. The first-order valence-electron chi connectivity index (χ1n) is 11.8. The Morgan fingerprint density at radius 3 is 2.33 bits per heavy atom. The van der Waals surface area contributed by atoms with E-state index < -0.39 is 0 Å². The minimum absolute atomic E-state index is 0.00451. The van der Waals surface area contributed by atoms with Crippen molar-refractivity contribution in [1.29, 1.82) is 0 Å². The van der Waals surface area contributed by atoms with Crippen LogP contribution in [0.4, 0.5) is 0 Å². The number of nitrogens with zero attached hydrogens (tertiary/aromatic N) is 3. The number of rotatable bonds is 6. The van der Waals surface area contributed by atoms with Crippen LogP contribution in [0.1, 0.15) is 32.9 Å². The van der Waals surface area contributed by atoms with Crippen LogP contribution in [0.5, 0.6) is 0 Å². The molecule has 0 atom stereocenters. The Bertz CT molecular complexity index is 1670. The van der Waals surface area contributed by atoms with E-state index >= 15 is 0 Å². The number of aryl methyl sites for hydroxylation is 3. The molecule has 180 valence electrons. The highest BCUT2D eigenvalue weighted by atomic mass is 32.2. The summed E-state index contributed by atoms with van der Waals surface area (Å²) in [7, 11) is 0. The van der Waals surface area contributed by atoms with Gasteiger partial charge in [0.15, 0.2) is 10.9 Å². The van der Waals surface area contributed by atoms with Crippen molar-refractivity contribution in [2.75, 3.05) is 5.75 Å². The van der Waals surface area contributed by atoms with Crippen LogP contribution in [0.3, 0.4) is 0 Å². The molecule has 2 heterocycles. The third kappa shape index (κ3) is 4.29. The number of hydrogen-bond acceptors (Lipinski definition) is 4. The van der Waals surface area contributed by atoms with Gasteiger partial charge in [0.05, 0.1) is 22.3 Å². The largest absolute Gasteiger partial charge is 0.318 e. The molecule has 0 saturated carbocycles. The number of thioether (sulfide) groups is 1. The Balaban J connectivity index is 1.53. The summed E-state index contributed by atoms with van der Waals surface area (Å²) in [5.41, 5.74) is 6.99. The van der Waals surface area contributed by atoms with Crippen LogP contribution in [0.25, 0.3) is 22.3 Å². The highest BCUT2D eigenvalue weighted by Crippen LogP contribution is 2.26. The lowest BCUT2D eigenvalue weighted by molar-refractivity contribution is 0.102. The minimum atomic E-state index is -0.134.